The molecule has 100 valence electrons. The third-order valence-corrected chi connectivity index (χ3v) is 3.81. The number of hydrogen-bond acceptors (Lipinski definition) is 2. The second-order valence-electron chi connectivity index (χ2n) is 4.68. The number of hydrogen-bond donors (Lipinski definition) is 1. The number of aromatic nitrogens is 1. The maximum absolute atomic E-state index is 4.37. The summed E-state index contributed by atoms with van der Waals surface area (Å²) in [7, 11) is 2.03. The fraction of sp³-hybridized carbons (Fsp3) is 0.312. The lowest BCUT2D eigenvalue weighted by molar-refractivity contribution is 0.517. The number of likely N-dealkylation sites (N-methyl/N-ethyl adjacent to an activating group) is 1. The summed E-state index contributed by atoms with van der Waals surface area (Å²) in [6.07, 6.45) is 5.03. The Morgan fingerprint density at radius 2 is 1.95 bits per heavy atom. The molecule has 0 fully saturated rings. The van der Waals surface area contributed by atoms with Gasteiger partial charge in [0, 0.05) is 22.4 Å². The number of aryl methyl sites for hydroxylation is 1. The average Bonchev–Trinajstić information content (AvgIpc) is 2.46. The van der Waals surface area contributed by atoms with Gasteiger partial charge >= 0.3 is 0 Å². The summed E-state index contributed by atoms with van der Waals surface area (Å²) in [5.41, 5.74) is 2.53. The number of nitrogens with zero attached hydrogens (tertiary/aromatic N) is 1. The monoisotopic (exact) mass is 318 g/mol. The molecule has 19 heavy (non-hydrogen) atoms. The molecule has 1 aromatic heterocycles. The molecule has 1 heterocycles. The van der Waals surface area contributed by atoms with Gasteiger partial charge in [-0.15, -0.1) is 0 Å². The van der Waals surface area contributed by atoms with E-state index in [2.05, 4.69) is 56.6 Å². The van der Waals surface area contributed by atoms with Crippen LogP contribution in [0.15, 0.2) is 53.1 Å². The molecule has 2 aromatic rings. The van der Waals surface area contributed by atoms with E-state index in [1.807, 2.05) is 25.4 Å². The van der Waals surface area contributed by atoms with Crippen LogP contribution in [-0.4, -0.2) is 18.1 Å². The first-order valence-electron chi connectivity index (χ1n) is 6.59. The molecule has 0 aliphatic carbocycles. The van der Waals surface area contributed by atoms with Gasteiger partial charge in [0.15, 0.2) is 0 Å². The van der Waals surface area contributed by atoms with Crippen molar-refractivity contribution < 1.29 is 0 Å². The standard InChI is InChI=1S/C16H19BrN2/c1-18-16(10-9-15-4-2-3-11-19-15)12-13-5-7-14(17)8-6-13/h2-8,11,16,18H,9-10,12H2,1H3. The first-order chi connectivity index (χ1) is 9.28. The molecule has 0 aliphatic heterocycles. The van der Waals surface area contributed by atoms with Crippen LogP contribution in [0.5, 0.6) is 0 Å². The third-order valence-electron chi connectivity index (χ3n) is 3.28. The van der Waals surface area contributed by atoms with Crippen molar-refractivity contribution in [1.82, 2.24) is 10.3 Å². The van der Waals surface area contributed by atoms with Crippen LogP contribution in [0.4, 0.5) is 0 Å². The quantitative estimate of drug-likeness (QED) is 0.880. The van der Waals surface area contributed by atoms with Crippen LogP contribution in [0.2, 0.25) is 0 Å². The van der Waals surface area contributed by atoms with Crippen molar-refractivity contribution in [3.63, 3.8) is 0 Å². The van der Waals surface area contributed by atoms with Gasteiger partial charge in [0.25, 0.3) is 0 Å². The van der Waals surface area contributed by atoms with Crippen molar-refractivity contribution in [2.75, 3.05) is 7.05 Å². The summed E-state index contributed by atoms with van der Waals surface area (Å²) < 4.78 is 1.13. The van der Waals surface area contributed by atoms with E-state index in [-0.39, 0.29) is 0 Å². The van der Waals surface area contributed by atoms with Crippen LogP contribution in [0.3, 0.4) is 0 Å². The Morgan fingerprint density at radius 3 is 2.58 bits per heavy atom. The molecule has 1 atom stereocenters. The summed E-state index contributed by atoms with van der Waals surface area (Å²) in [4.78, 5) is 4.37. The Labute approximate surface area is 123 Å². The largest absolute Gasteiger partial charge is 0.317 e. The highest BCUT2D eigenvalue weighted by atomic mass is 79.9. The molecule has 0 aliphatic rings. The molecule has 0 spiro atoms. The summed E-state index contributed by atoms with van der Waals surface area (Å²) >= 11 is 3.47. The molecule has 3 heteroatoms. The predicted molar refractivity (Wildman–Crippen MR) is 83.3 cm³/mol. The van der Waals surface area contributed by atoms with Crippen molar-refractivity contribution in [2.24, 2.45) is 0 Å². The molecule has 0 amide bonds. The average molecular weight is 319 g/mol. The summed E-state index contributed by atoms with van der Waals surface area (Å²) in [6, 6.07) is 15.1. The zero-order chi connectivity index (χ0) is 13.5. The van der Waals surface area contributed by atoms with Crippen LogP contribution < -0.4 is 5.32 Å². The van der Waals surface area contributed by atoms with Crippen molar-refractivity contribution in [3.05, 3.63) is 64.4 Å². The Bertz CT molecular complexity index is 482. The molecule has 0 saturated carbocycles. The van der Waals surface area contributed by atoms with E-state index in [1.165, 1.54) is 11.3 Å². The molecule has 1 aromatic carbocycles. The number of halogens is 1. The molecular weight excluding hydrogens is 300 g/mol. The highest BCUT2D eigenvalue weighted by Gasteiger charge is 2.08. The molecule has 0 radical (unpaired) electrons. The zero-order valence-corrected chi connectivity index (χ0v) is 12.7. The topological polar surface area (TPSA) is 24.9 Å². The Morgan fingerprint density at radius 1 is 1.16 bits per heavy atom. The lowest BCUT2D eigenvalue weighted by atomic mass is 10.0. The fourth-order valence-electron chi connectivity index (χ4n) is 2.12. The highest BCUT2D eigenvalue weighted by Crippen LogP contribution is 2.13. The lowest BCUT2D eigenvalue weighted by Gasteiger charge is -2.16. The van der Waals surface area contributed by atoms with E-state index >= 15 is 0 Å². The number of pyridine rings is 1. The number of benzene rings is 1. The smallest absolute Gasteiger partial charge is 0.0404 e. The van der Waals surface area contributed by atoms with Crippen LogP contribution in [0.1, 0.15) is 17.7 Å². The molecule has 1 N–H and O–H groups in total. The number of nitrogens with one attached hydrogen (secondary N) is 1. The minimum absolute atomic E-state index is 0.489. The molecule has 0 bridgehead atoms. The van der Waals surface area contributed by atoms with Gasteiger partial charge in [0.2, 0.25) is 0 Å². The fourth-order valence-corrected chi connectivity index (χ4v) is 2.39. The SMILES string of the molecule is CNC(CCc1ccccn1)Cc1ccc(Br)cc1. The van der Waals surface area contributed by atoms with Crippen molar-refractivity contribution in [2.45, 2.75) is 25.3 Å². The van der Waals surface area contributed by atoms with Crippen LogP contribution in [0.25, 0.3) is 0 Å². The van der Waals surface area contributed by atoms with E-state index < -0.39 is 0 Å². The van der Waals surface area contributed by atoms with Gasteiger partial charge in [0.05, 0.1) is 0 Å². The first-order valence-corrected chi connectivity index (χ1v) is 7.39. The minimum atomic E-state index is 0.489. The van der Waals surface area contributed by atoms with E-state index in [0.29, 0.717) is 6.04 Å². The Hall–Kier alpha value is -1.19. The Kier molecular flexibility index (Phi) is 5.55. The van der Waals surface area contributed by atoms with Gasteiger partial charge in [-0.2, -0.15) is 0 Å². The van der Waals surface area contributed by atoms with Gasteiger partial charge in [-0.3, -0.25) is 4.98 Å². The Balaban J connectivity index is 1.88. The number of rotatable bonds is 6. The van der Waals surface area contributed by atoms with Crippen molar-refractivity contribution >= 4 is 15.9 Å². The summed E-state index contributed by atoms with van der Waals surface area (Å²) in [5.74, 6) is 0. The molecule has 1 unspecified atom stereocenters. The maximum atomic E-state index is 4.37. The predicted octanol–water partition coefficient (Wildman–Crippen LogP) is 3.61. The van der Waals surface area contributed by atoms with Crippen LogP contribution in [0, 0.1) is 0 Å². The zero-order valence-electron chi connectivity index (χ0n) is 11.1. The lowest BCUT2D eigenvalue weighted by Crippen LogP contribution is -2.28. The van der Waals surface area contributed by atoms with Gasteiger partial charge < -0.3 is 5.32 Å². The van der Waals surface area contributed by atoms with Crippen LogP contribution in [-0.2, 0) is 12.8 Å². The van der Waals surface area contributed by atoms with Gasteiger partial charge in [0.1, 0.15) is 0 Å². The molecule has 2 nitrogen and oxygen atoms in total. The van der Waals surface area contributed by atoms with E-state index in [9.17, 15) is 0 Å². The summed E-state index contributed by atoms with van der Waals surface area (Å²) in [6.45, 7) is 0. The second-order valence-corrected chi connectivity index (χ2v) is 5.59. The van der Waals surface area contributed by atoms with E-state index in [0.717, 1.165) is 23.7 Å². The molecular formula is C16H19BrN2. The van der Waals surface area contributed by atoms with Crippen molar-refractivity contribution in [1.29, 1.82) is 0 Å². The molecule has 0 saturated heterocycles. The summed E-state index contributed by atoms with van der Waals surface area (Å²) in [5, 5.41) is 3.40. The van der Waals surface area contributed by atoms with Crippen LogP contribution >= 0.6 is 15.9 Å². The maximum Gasteiger partial charge on any atom is 0.0404 e. The van der Waals surface area contributed by atoms with Gasteiger partial charge in [-0.1, -0.05) is 34.1 Å². The molecule has 2 rings (SSSR count). The highest BCUT2D eigenvalue weighted by molar-refractivity contribution is 9.10. The van der Waals surface area contributed by atoms with Crippen molar-refractivity contribution in [3.8, 4) is 0 Å². The van der Waals surface area contributed by atoms with Gasteiger partial charge in [-0.25, -0.2) is 0 Å². The third kappa shape index (κ3) is 4.77. The first kappa shape index (κ1) is 14.2. The normalized spacial score (nSPS) is 12.3. The minimum Gasteiger partial charge on any atom is -0.317 e. The second kappa shape index (κ2) is 7.41. The van der Waals surface area contributed by atoms with Gasteiger partial charge in [-0.05, 0) is 56.1 Å². The van der Waals surface area contributed by atoms with E-state index in [1.54, 1.807) is 0 Å². The van der Waals surface area contributed by atoms with E-state index in [4.69, 9.17) is 0 Å².